The van der Waals surface area contributed by atoms with E-state index < -0.39 is 8.32 Å². The third kappa shape index (κ3) is 5.85. The third-order valence-corrected chi connectivity index (χ3v) is 8.06. The molecule has 0 heterocycles. The Bertz CT molecular complexity index is 251. The highest BCUT2D eigenvalue weighted by atomic mass is 127. The molecular weight excluding hydrogens is 343 g/mol. The van der Waals surface area contributed by atoms with E-state index in [4.69, 9.17) is 9.16 Å². The molecule has 0 amide bonds. The molecule has 0 aliphatic heterocycles. The summed E-state index contributed by atoms with van der Waals surface area (Å²) in [5, 5.41) is 0.199. The van der Waals surface area contributed by atoms with Crippen LogP contribution in [-0.4, -0.2) is 24.6 Å². The summed E-state index contributed by atoms with van der Waals surface area (Å²) in [6, 6.07) is 0. The molecular formula is C13H27IO2Si. The Kier molecular flexibility index (Phi) is 6.39. The minimum Gasteiger partial charge on any atom is -0.391 e. The quantitative estimate of drug-likeness (QED) is 0.221. The molecule has 17 heavy (non-hydrogen) atoms. The summed E-state index contributed by atoms with van der Waals surface area (Å²) >= 11 is 2.38. The number of rotatable bonds is 6. The summed E-state index contributed by atoms with van der Waals surface area (Å²) in [5.41, 5.74) is 0. The Morgan fingerprint density at radius 2 is 1.71 bits per heavy atom. The van der Waals surface area contributed by atoms with Crippen LogP contribution in [0.3, 0.4) is 0 Å². The molecule has 0 aromatic carbocycles. The summed E-state index contributed by atoms with van der Waals surface area (Å²) in [6.07, 6.45) is 1.59. The van der Waals surface area contributed by atoms with Crippen molar-refractivity contribution in [2.24, 2.45) is 0 Å². The van der Waals surface area contributed by atoms with Crippen molar-refractivity contribution in [1.82, 2.24) is 0 Å². The smallest absolute Gasteiger partial charge is 0.195 e. The molecule has 0 fully saturated rings. The van der Waals surface area contributed by atoms with Gasteiger partial charge in [0.05, 0.1) is 10.0 Å². The second-order valence-corrected chi connectivity index (χ2v) is 13.9. The lowest BCUT2D eigenvalue weighted by molar-refractivity contribution is -0.0911. The van der Waals surface area contributed by atoms with Crippen LogP contribution in [0.1, 0.15) is 34.6 Å². The van der Waals surface area contributed by atoms with Gasteiger partial charge < -0.3 is 9.16 Å². The van der Waals surface area contributed by atoms with E-state index in [1.165, 1.54) is 0 Å². The number of ether oxygens (including phenoxy) is 1. The summed E-state index contributed by atoms with van der Waals surface area (Å²) in [7, 11) is -1.79. The topological polar surface area (TPSA) is 18.5 Å². The van der Waals surface area contributed by atoms with Gasteiger partial charge in [-0.2, -0.15) is 0 Å². The highest BCUT2D eigenvalue weighted by molar-refractivity contribution is 14.1. The maximum Gasteiger partial charge on any atom is 0.195 e. The van der Waals surface area contributed by atoms with Crippen molar-refractivity contribution in [3.63, 3.8) is 0 Å². The van der Waals surface area contributed by atoms with Gasteiger partial charge in [-0.05, 0) is 32.0 Å². The molecule has 0 spiro atoms. The van der Waals surface area contributed by atoms with E-state index in [9.17, 15) is 0 Å². The molecule has 0 radical (unpaired) electrons. The average Bonchev–Trinajstić information content (AvgIpc) is 2.08. The molecule has 2 nitrogen and oxygen atoms in total. The van der Waals surface area contributed by atoms with Gasteiger partial charge in [-0.15, -0.1) is 6.58 Å². The van der Waals surface area contributed by atoms with Crippen molar-refractivity contribution in [3.05, 3.63) is 12.7 Å². The van der Waals surface area contributed by atoms with Crippen LogP contribution in [0.2, 0.25) is 18.1 Å². The first-order valence-corrected chi connectivity index (χ1v) is 10.00. The summed E-state index contributed by atoms with van der Waals surface area (Å²) in [6.45, 7) is 19.7. The number of halogens is 1. The van der Waals surface area contributed by atoms with Crippen LogP contribution >= 0.6 is 22.6 Å². The van der Waals surface area contributed by atoms with Gasteiger partial charge in [-0.25, -0.2) is 0 Å². The lowest BCUT2D eigenvalue weighted by atomic mass is 10.2. The lowest BCUT2D eigenvalue weighted by Gasteiger charge is -2.42. The number of hydrogen-bond acceptors (Lipinski definition) is 2. The van der Waals surface area contributed by atoms with Gasteiger partial charge in [0.25, 0.3) is 0 Å². The highest BCUT2D eigenvalue weighted by Gasteiger charge is 2.42. The monoisotopic (exact) mass is 370 g/mol. The van der Waals surface area contributed by atoms with Crippen LogP contribution < -0.4 is 0 Å². The fraction of sp³-hybridized carbons (Fsp3) is 0.846. The van der Waals surface area contributed by atoms with Gasteiger partial charge in [0, 0.05) is 0 Å². The van der Waals surface area contributed by atoms with E-state index in [-0.39, 0.29) is 14.8 Å². The van der Waals surface area contributed by atoms with Crippen molar-refractivity contribution in [3.8, 4) is 0 Å². The van der Waals surface area contributed by atoms with E-state index in [1.54, 1.807) is 6.08 Å². The Labute approximate surface area is 121 Å². The molecule has 0 aliphatic carbocycles. The molecule has 1 atom stereocenters. The molecule has 1 unspecified atom stereocenters. The lowest BCUT2D eigenvalue weighted by Crippen LogP contribution is -2.49. The largest absolute Gasteiger partial charge is 0.391 e. The fourth-order valence-electron chi connectivity index (χ4n) is 0.972. The van der Waals surface area contributed by atoms with Gasteiger partial charge in [0.2, 0.25) is 0 Å². The summed E-state index contributed by atoms with van der Waals surface area (Å²) < 4.78 is 12.1. The van der Waals surface area contributed by atoms with Crippen molar-refractivity contribution < 1.29 is 9.16 Å². The van der Waals surface area contributed by atoms with Gasteiger partial charge in [0.15, 0.2) is 14.6 Å². The highest BCUT2D eigenvalue weighted by Crippen LogP contribution is 2.39. The van der Waals surface area contributed by atoms with Crippen molar-refractivity contribution in [2.45, 2.75) is 62.5 Å². The van der Waals surface area contributed by atoms with E-state index >= 15 is 0 Å². The standard InChI is InChI=1S/C13H27IO2Si/c1-9-10-15-11(13(5,6)14)16-17(7,8)12(2,3)4/h9,11H,1,10H2,2-8H3. The van der Waals surface area contributed by atoms with Crippen LogP contribution in [0.15, 0.2) is 12.7 Å². The van der Waals surface area contributed by atoms with E-state index in [2.05, 4.69) is 76.9 Å². The molecule has 0 bridgehead atoms. The van der Waals surface area contributed by atoms with Crippen molar-refractivity contribution in [1.29, 1.82) is 0 Å². The molecule has 0 saturated carbocycles. The molecule has 0 saturated heterocycles. The molecule has 0 rings (SSSR count). The molecule has 102 valence electrons. The second-order valence-electron chi connectivity index (χ2n) is 6.40. The van der Waals surface area contributed by atoms with Crippen molar-refractivity contribution in [2.75, 3.05) is 6.61 Å². The van der Waals surface area contributed by atoms with Crippen molar-refractivity contribution >= 4 is 30.9 Å². The third-order valence-electron chi connectivity index (χ3n) is 3.13. The summed E-state index contributed by atoms with van der Waals surface area (Å²) in [5.74, 6) is 0. The maximum atomic E-state index is 6.33. The Morgan fingerprint density at radius 3 is 2.00 bits per heavy atom. The number of alkyl halides is 1. The number of hydrogen-bond donors (Lipinski definition) is 0. The van der Waals surface area contributed by atoms with Gasteiger partial charge in [0.1, 0.15) is 0 Å². The molecule has 4 heteroatoms. The SMILES string of the molecule is C=CCOC(O[Si](C)(C)C(C)(C)C)C(C)(C)I. The molecule has 0 aromatic heterocycles. The fourth-order valence-corrected chi connectivity index (χ4v) is 2.77. The molecule has 0 aliphatic rings. The first-order chi connectivity index (χ1) is 7.42. The zero-order chi connectivity index (χ0) is 13.9. The average molecular weight is 370 g/mol. The maximum absolute atomic E-state index is 6.33. The predicted octanol–water partition coefficient (Wildman–Crippen LogP) is 4.75. The van der Waals surface area contributed by atoms with Gasteiger partial charge >= 0.3 is 0 Å². The predicted molar refractivity (Wildman–Crippen MR) is 86.3 cm³/mol. The van der Waals surface area contributed by atoms with E-state index in [0.29, 0.717) is 6.61 Å². The molecule has 0 N–H and O–H groups in total. The first-order valence-electron chi connectivity index (χ1n) is 6.01. The minimum atomic E-state index is -1.79. The van der Waals surface area contributed by atoms with Gasteiger partial charge in [-0.3, -0.25) is 0 Å². The van der Waals surface area contributed by atoms with Crippen LogP contribution in [0.4, 0.5) is 0 Å². The Hall–Kier alpha value is 0.607. The van der Waals surface area contributed by atoms with E-state index in [1.807, 2.05) is 0 Å². The summed E-state index contributed by atoms with van der Waals surface area (Å²) in [4.78, 5) is 0. The second kappa shape index (κ2) is 6.17. The zero-order valence-corrected chi connectivity index (χ0v) is 15.4. The van der Waals surface area contributed by atoms with E-state index in [0.717, 1.165) is 0 Å². The van der Waals surface area contributed by atoms with Crippen LogP contribution in [-0.2, 0) is 9.16 Å². The van der Waals surface area contributed by atoms with Crippen LogP contribution in [0, 0.1) is 0 Å². The van der Waals surface area contributed by atoms with Gasteiger partial charge in [-0.1, -0.05) is 49.4 Å². The minimum absolute atomic E-state index is 0.0453. The normalized spacial score (nSPS) is 15.8. The first kappa shape index (κ1) is 17.6. The Morgan fingerprint density at radius 1 is 1.24 bits per heavy atom. The van der Waals surface area contributed by atoms with Crippen LogP contribution in [0.5, 0.6) is 0 Å². The molecule has 0 aromatic rings. The Balaban J connectivity index is 4.81. The van der Waals surface area contributed by atoms with Crippen LogP contribution in [0.25, 0.3) is 0 Å². The zero-order valence-electron chi connectivity index (χ0n) is 12.3.